The lowest BCUT2D eigenvalue weighted by molar-refractivity contribution is -0.120. The highest BCUT2D eigenvalue weighted by Crippen LogP contribution is 2.31. The highest BCUT2D eigenvalue weighted by atomic mass is 35.5. The molecule has 0 spiro atoms. The molecule has 0 bridgehead atoms. The number of sulfonamides is 1. The standard InChI is InChI=1S/C15H10Cl2N4O5S/c1-26-11-6-10(18-7-19-11)20-27(24,25)9-4-2-8(3-5-9)21-14(22)12(16)13(17)15(21)23/h2-7H,1H3,(H,18,19,20). The molecule has 140 valence electrons. The number of halogens is 2. The third kappa shape index (κ3) is 3.59. The fourth-order valence-electron chi connectivity index (χ4n) is 2.19. The molecular weight excluding hydrogens is 419 g/mol. The van der Waals surface area contributed by atoms with Gasteiger partial charge in [-0.1, -0.05) is 23.2 Å². The summed E-state index contributed by atoms with van der Waals surface area (Å²) in [4.78, 5) is 32.2. The van der Waals surface area contributed by atoms with Crippen LogP contribution in [0.25, 0.3) is 0 Å². The van der Waals surface area contributed by atoms with Crippen molar-refractivity contribution in [3.05, 3.63) is 46.7 Å². The number of anilines is 2. The zero-order valence-corrected chi connectivity index (χ0v) is 15.8. The third-order valence-corrected chi connectivity index (χ3v) is 5.64. The fraction of sp³-hybridized carbons (Fsp3) is 0.0667. The number of nitrogens with zero attached hydrogens (tertiary/aromatic N) is 3. The molecule has 1 N–H and O–H groups in total. The zero-order valence-electron chi connectivity index (χ0n) is 13.5. The minimum Gasteiger partial charge on any atom is -0.481 e. The Bertz CT molecular complexity index is 1050. The van der Waals surface area contributed by atoms with Gasteiger partial charge in [-0.15, -0.1) is 0 Å². The number of methoxy groups -OCH3 is 1. The van der Waals surface area contributed by atoms with E-state index in [-0.39, 0.29) is 22.3 Å². The Kier molecular flexibility index (Phi) is 5.05. The number of imide groups is 1. The lowest BCUT2D eigenvalue weighted by Gasteiger charge is -2.15. The molecule has 27 heavy (non-hydrogen) atoms. The number of hydrogen-bond donors (Lipinski definition) is 1. The molecule has 2 heterocycles. The van der Waals surface area contributed by atoms with Crippen LogP contribution in [-0.4, -0.2) is 37.3 Å². The van der Waals surface area contributed by atoms with Crippen LogP contribution >= 0.6 is 23.2 Å². The number of hydrogen-bond acceptors (Lipinski definition) is 7. The first kappa shape index (κ1) is 19.1. The largest absolute Gasteiger partial charge is 0.481 e. The minimum absolute atomic E-state index is 0.0126. The third-order valence-electron chi connectivity index (χ3n) is 3.47. The lowest BCUT2D eigenvalue weighted by atomic mass is 10.3. The second-order valence-corrected chi connectivity index (χ2v) is 7.56. The summed E-state index contributed by atoms with van der Waals surface area (Å²) < 4.78 is 32.1. The first-order chi connectivity index (χ1) is 12.7. The van der Waals surface area contributed by atoms with E-state index in [1.54, 1.807) is 0 Å². The topological polar surface area (TPSA) is 119 Å². The summed E-state index contributed by atoms with van der Waals surface area (Å²) in [6.07, 6.45) is 1.14. The van der Waals surface area contributed by atoms with Crippen molar-refractivity contribution >= 4 is 56.5 Å². The SMILES string of the molecule is COc1cc(NS(=O)(=O)c2ccc(N3C(=O)C(Cl)=C(Cl)C3=O)cc2)ncn1. The molecule has 0 saturated heterocycles. The molecule has 0 unspecified atom stereocenters. The molecule has 9 nitrogen and oxygen atoms in total. The summed E-state index contributed by atoms with van der Waals surface area (Å²) in [7, 11) is -2.59. The molecule has 2 amide bonds. The molecule has 12 heteroatoms. The summed E-state index contributed by atoms with van der Waals surface area (Å²) in [6.45, 7) is 0. The van der Waals surface area contributed by atoms with Crippen molar-refractivity contribution in [3.8, 4) is 5.88 Å². The summed E-state index contributed by atoms with van der Waals surface area (Å²) in [6, 6.07) is 6.31. The molecule has 0 atom stereocenters. The quantitative estimate of drug-likeness (QED) is 0.721. The van der Waals surface area contributed by atoms with E-state index in [0.29, 0.717) is 0 Å². The van der Waals surface area contributed by atoms with Gasteiger partial charge in [-0.3, -0.25) is 14.3 Å². The smallest absolute Gasteiger partial charge is 0.278 e. The van der Waals surface area contributed by atoms with Crippen LogP contribution in [0.4, 0.5) is 11.5 Å². The van der Waals surface area contributed by atoms with E-state index in [1.165, 1.54) is 37.4 Å². The van der Waals surface area contributed by atoms with Crippen molar-refractivity contribution in [1.29, 1.82) is 0 Å². The molecule has 1 aliphatic heterocycles. The predicted octanol–water partition coefficient (Wildman–Crippen LogP) is 1.85. The van der Waals surface area contributed by atoms with Crippen molar-refractivity contribution in [3.63, 3.8) is 0 Å². The maximum atomic E-state index is 12.5. The Balaban J connectivity index is 1.84. The maximum absolute atomic E-state index is 12.5. The van der Waals surface area contributed by atoms with E-state index < -0.39 is 31.9 Å². The van der Waals surface area contributed by atoms with E-state index >= 15 is 0 Å². The van der Waals surface area contributed by atoms with Gasteiger partial charge in [0.1, 0.15) is 22.2 Å². The number of aromatic nitrogens is 2. The lowest BCUT2D eigenvalue weighted by Crippen LogP contribution is -2.30. The van der Waals surface area contributed by atoms with Crippen molar-refractivity contribution < 1.29 is 22.7 Å². The average molecular weight is 429 g/mol. The van der Waals surface area contributed by atoms with Crippen LogP contribution in [0.1, 0.15) is 0 Å². The molecule has 1 aromatic heterocycles. The van der Waals surface area contributed by atoms with Crippen molar-refractivity contribution in [1.82, 2.24) is 9.97 Å². The Labute approximate surface area is 163 Å². The molecule has 0 aliphatic carbocycles. The molecule has 0 radical (unpaired) electrons. The van der Waals surface area contributed by atoms with E-state index in [1.807, 2.05) is 0 Å². The number of carbonyl (C=O) groups excluding carboxylic acids is 2. The molecule has 2 aromatic rings. The van der Waals surface area contributed by atoms with Crippen LogP contribution in [0.5, 0.6) is 5.88 Å². The Morgan fingerprint density at radius 3 is 2.19 bits per heavy atom. The Morgan fingerprint density at radius 1 is 1.04 bits per heavy atom. The average Bonchev–Trinajstić information content (AvgIpc) is 2.85. The highest BCUT2D eigenvalue weighted by molar-refractivity contribution is 7.92. The molecular formula is C15H10Cl2N4O5S. The van der Waals surface area contributed by atoms with Gasteiger partial charge in [-0.2, -0.15) is 0 Å². The number of ether oxygens (including phenoxy) is 1. The molecule has 0 saturated carbocycles. The van der Waals surface area contributed by atoms with Crippen LogP contribution in [-0.2, 0) is 19.6 Å². The number of nitrogens with one attached hydrogen (secondary N) is 1. The zero-order chi connectivity index (χ0) is 19.8. The summed E-state index contributed by atoms with van der Waals surface area (Å²) >= 11 is 11.4. The van der Waals surface area contributed by atoms with Crippen LogP contribution in [0.15, 0.2) is 51.6 Å². The first-order valence-electron chi connectivity index (χ1n) is 7.17. The summed E-state index contributed by atoms with van der Waals surface area (Å²) in [5.74, 6) is -1.37. The highest BCUT2D eigenvalue weighted by Gasteiger charge is 2.37. The van der Waals surface area contributed by atoms with E-state index in [4.69, 9.17) is 27.9 Å². The van der Waals surface area contributed by atoms with Gasteiger partial charge in [-0.05, 0) is 24.3 Å². The number of benzene rings is 1. The van der Waals surface area contributed by atoms with Gasteiger partial charge in [0.25, 0.3) is 21.8 Å². The van der Waals surface area contributed by atoms with Crippen molar-refractivity contribution in [2.45, 2.75) is 4.90 Å². The number of rotatable bonds is 5. The minimum atomic E-state index is -3.97. The van der Waals surface area contributed by atoms with Gasteiger partial charge in [-0.25, -0.2) is 23.3 Å². The molecule has 1 aliphatic rings. The van der Waals surface area contributed by atoms with Crippen LogP contribution < -0.4 is 14.4 Å². The molecule has 1 aromatic carbocycles. The Morgan fingerprint density at radius 2 is 1.63 bits per heavy atom. The number of amides is 2. The summed E-state index contributed by atoms with van der Waals surface area (Å²) in [5, 5.41) is -0.782. The monoisotopic (exact) mass is 428 g/mol. The van der Waals surface area contributed by atoms with Gasteiger partial charge in [0.05, 0.1) is 17.7 Å². The van der Waals surface area contributed by atoms with Gasteiger partial charge in [0.2, 0.25) is 5.88 Å². The van der Waals surface area contributed by atoms with E-state index in [9.17, 15) is 18.0 Å². The number of carbonyl (C=O) groups is 2. The fourth-order valence-corrected chi connectivity index (χ4v) is 3.52. The van der Waals surface area contributed by atoms with Crippen molar-refractivity contribution in [2.75, 3.05) is 16.7 Å². The van der Waals surface area contributed by atoms with Crippen molar-refractivity contribution in [2.24, 2.45) is 0 Å². The van der Waals surface area contributed by atoms with Crippen LogP contribution in [0.2, 0.25) is 0 Å². The van der Waals surface area contributed by atoms with Crippen LogP contribution in [0.3, 0.4) is 0 Å². The van der Waals surface area contributed by atoms with Crippen LogP contribution in [0, 0.1) is 0 Å². The van der Waals surface area contributed by atoms with Gasteiger partial charge < -0.3 is 4.74 Å². The van der Waals surface area contributed by atoms with Gasteiger partial charge in [0.15, 0.2) is 0 Å². The van der Waals surface area contributed by atoms with Gasteiger partial charge >= 0.3 is 0 Å². The van der Waals surface area contributed by atoms with E-state index in [0.717, 1.165) is 11.2 Å². The second kappa shape index (κ2) is 7.14. The van der Waals surface area contributed by atoms with E-state index in [2.05, 4.69) is 14.7 Å². The maximum Gasteiger partial charge on any atom is 0.278 e. The summed E-state index contributed by atoms with van der Waals surface area (Å²) in [5.41, 5.74) is 0.126. The Hall–Kier alpha value is -2.69. The molecule has 0 fully saturated rings. The normalized spacial score (nSPS) is 14.7. The molecule has 3 rings (SSSR count). The second-order valence-electron chi connectivity index (χ2n) is 5.12. The first-order valence-corrected chi connectivity index (χ1v) is 9.41. The van der Waals surface area contributed by atoms with Gasteiger partial charge in [0, 0.05) is 6.07 Å². The predicted molar refractivity (Wildman–Crippen MR) is 97.1 cm³/mol.